The number of aldehydes is 1. The maximum Gasteiger partial charge on any atom is 0.483 e. The van der Waals surface area contributed by atoms with Gasteiger partial charge in [-0.1, -0.05) is 0 Å². The van der Waals surface area contributed by atoms with Gasteiger partial charge in [0, 0.05) is 10.9 Å². The molecule has 0 fully saturated rings. The number of alkyl halides is 3. The number of nitrogens with zero attached hydrogens (tertiary/aromatic N) is 2. The van der Waals surface area contributed by atoms with Crippen molar-refractivity contribution in [3.05, 3.63) is 42.4 Å². The Morgan fingerprint density at radius 3 is 2.64 bits per heavy atom. The molecule has 22 heavy (non-hydrogen) atoms. The third-order valence-corrected chi connectivity index (χ3v) is 2.92. The predicted molar refractivity (Wildman–Crippen MR) is 72.3 cm³/mol. The number of fused-ring (bicyclic) bond motifs is 1. The van der Waals surface area contributed by atoms with E-state index in [1.54, 1.807) is 18.2 Å². The molecule has 0 amide bonds. The van der Waals surface area contributed by atoms with Crippen LogP contribution < -0.4 is 5.32 Å². The van der Waals surface area contributed by atoms with E-state index >= 15 is 0 Å². The number of furan rings is 1. The van der Waals surface area contributed by atoms with E-state index in [0.717, 1.165) is 6.33 Å². The SMILES string of the molecule is O=Cc1ccc(-c2ccc3ncnc(NC(F)(F)F)c3c2)o1. The first kappa shape index (κ1) is 14.1. The molecule has 0 aliphatic heterocycles. The molecule has 0 bridgehead atoms. The molecule has 0 aliphatic rings. The first-order valence-electron chi connectivity index (χ1n) is 6.11. The van der Waals surface area contributed by atoms with Crippen LogP contribution in [-0.2, 0) is 0 Å². The molecule has 0 atom stereocenters. The van der Waals surface area contributed by atoms with Crippen LogP contribution in [0, 0.1) is 0 Å². The summed E-state index contributed by atoms with van der Waals surface area (Å²) in [5, 5.41) is 1.58. The molecule has 0 saturated carbocycles. The van der Waals surface area contributed by atoms with Crippen molar-refractivity contribution in [3.8, 4) is 11.3 Å². The second kappa shape index (κ2) is 5.14. The fourth-order valence-corrected chi connectivity index (χ4v) is 2.02. The normalized spacial score (nSPS) is 11.6. The molecule has 0 radical (unpaired) electrons. The van der Waals surface area contributed by atoms with Crippen LogP contribution in [0.3, 0.4) is 0 Å². The summed E-state index contributed by atoms with van der Waals surface area (Å²) >= 11 is 0. The molecule has 2 heterocycles. The number of hydrogen-bond acceptors (Lipinski definition) is 5. The number of halogens is 3. The number of hydrogen-bond donors (Lipinski definition) is 1. The standard InChI is InChI=1S/C14H8F3N3O2/c15-14(16,17)20-13-10-5-8(1-3-11(10)18-7-19-13)12-4-2-9(6-21)22-12/h1-7H,(H,18,19,20). The number of anilines is 1. The Morgan fingerprint density at radius 2 is 1.95 bits per heavy atom. The van der Waals surface area contributed by atoms with Gasteiger partial charge >= 0.3 is 6.30 Å². The van der Waals surface area contributed by atoms with Gasteiger partial charge in [0.25, 0.3) is 0 Å². The molecule has 0 saturated heterocycles. The van der Waals surface area contributed by atoms with Gasteiger partial charge in [-0.15, -0.1) is 0 Å². The van der Waals surface area contributed by atoms with Gasteiger partial charge in [-0.25, -0.2) is 9.97 Å². The third kappa shape index (κ3) is 2.76. The Morgan fingerprint density at radius 1 is 1.14 bits per heavy atom. The number of rotatable bonds is 3. The van der Waals surface area contributed by atoms with Crippen LogP contribution >= 0.6 is 0 Å². The van der Waals surface area contributed by atoms with Crippen molar-refractivity contribution in [3.63, 3.8) is 0 Å². The van der Waals surface area contributed by atoms with Crippen molar-refractivity contribution in [2.75, 3.05) is 5.32 Å². The Hall–Kier alpha value is -2.90. The summed E-state index contributed by atoms with van der Waals surface area (Å²) in [5.41, 5.74) is 0.869. The fraction of sp³-hybridized carbons (Fsp3) is 0.0714. The molecule has 1 N–H and O–H groups in total. The third-order valence-electron chi connectivity index (χ3n) is 2.92. The molecule has 0 unspecified atom stereocenters. The summed E-state index contributed by atoms with van der Waals surface area (Å²) in [4.78, 5) is 18.2. The zero-order valence-corrected chi connectivity index (χ0v) is 10.9. The lowest BCUT2D eigenvalue weighted by molar-refractivity contribution is -0.100. The molecule has 5 nitrogen and oxygen atoms in total. The highest BCUT2D eigenvalue weighted by molar-refractivity contribution is 5.92. The molecule has 3 rings (SSSR count). The van der Waals surface area contributed by atoms with E-state index in [0.29, 0.717) is 23.1 Å². The minimum atomic E-state index is -4.60. The summed E-state index contributed by atoms with van der Waals surface area (Å²) < 4.78 is 42.8. The van der Waals surface area contributed by atoms with Gasteiger partial charge in [0.15, 0.2) is 12.0 Å². The Labute approximate surface area is 121 Å². The van der Waals surface area contributed by atoms with Gasteiger partial charge in [-0.3, -0.25) is 10.1 Å². The lowest BCUT2D eigenvalue weighted by Gasteiger charge is -2.11. The van der Waals surface area contributed by atoms with Crippen molar-refractivity contribution in [2.45, 2.75) is 6.30 Å². The summed E-state index contributed by atoms with van der Waals surface area (Å²) in [7, 11) is 0. The minimum absolute atomic E-state index is 0.132. The quantitative estimate of drug-likeness (QED) is 0.591. The van der Waals surface area contributed by atoms with Crippen molar-refractivity contribution >= 4 is 23.0 Å². The fourth-order valence-electron chi connectivity index (χ4n) is 2.02. The predicted octanol–water partition coefficient (Wildman–Crippen LogP) is 3.63. The van der Waals surface area contributed by atoms with Gasteiger partial charge < -0.3 is 4.42 Å². The molecule has 0 spiro atoms. The zero-order valence-electron chi connectivity index (χ0n) is 10.9. The monoisotopic (exact) mass is 307 g/mol. The molecule has 2 aromatic heterocycles. The lowest BCUT2D eigenvalue weighted by atomic mass is 10.1. The Balaban J connectivity index is 2.11. The highest BCUT2D eigenvalue weighted by Crippen LogP contribution is 2.29. The van der Waals surface area contributed by atoms with E-state index in [-0.39, 0.29) is 17.0 Å². The number of carbonyl (C=O) groups excluding carboxylic acids is 1. The Bertz CT molecular complexity index is 843. The second-order valence-electron chi connectivity index (χ2n) is 4.40. The molecular weight excluding hydrogens is 299 g/mol. The number of nitrogens with one attached hydrogen (secondary N) is 1. The summed E-state index contributed by atoms with van der Waals surface area (Å²) in [6, 6.07) is 7.70. The van der Waals surface area contributed by atoms with E-state index in [4.69, 9.17) is 4.42 Å². The molecular formula is C14H8F3N3O2. The molecule has 3 aromatic rings. The average molecular weight is 307 g/mol. The average Bonchev–Trinajstić information content (AvgIpc) is 2.94. The van der Waals surface area contributed by atoms with Crippen LogP contribution in [0.1, 0.15) is 10.6 Å². The highest BCUT2D eigenvalue weighted by atomic mass is 19.4. The van der Waals surface area contributed by atoms with Crippen LogP contribution in [0.2, 0.25) is 0 Å². The van der Waals surface area contributed by atoms with E-state index in [1.807, 2.05) is 0 Å². The second-order valence-corrected chi connectivity index (χ2v) is 4.40. The van der Waals surface area contributed by atoms with Crippen molar-refractivity contribution in [1.29, 1.82) is 0 Å². The van der Waals surface area contributed by atoms with Crippen LogP contribution in [0.5, 0.6) is 0 Å². The van der Waals surface area contributed by atoms with Crippen molar-refractivity contribution < 1.29 is 22.4 Å². The summed E-state index contributed by atoms with van der Waals surface area (Å²) in [6.07, 6.45) is -3.01. The molecule has 112 valence electrons. The van der Waals surface area contributed by atoms with Crippen LogP contribution in [0.4, 0.5) is 19.0 Å². The highest BCUT2D eigenvalue weighted by Gasteiger charge is 2.28. The van der Waals surface area contributed by atoms with E-state index in [9.17, 15) is 18.0 Å². The first-order valence-corrected chi connectivity index (χ1v) is 6.11. The maximum absolute atomic E-state index is 12.5. The lowest BCUT2D eigenvalue weighted by Crippen LogP contribution is -2.21. The summed E-state index contributed by atoms with van der Waals surface area (Å²) in [5.74, 6) is 0.153. The minimum Gasteiger partial charge on any atom is -0.453 e. The van der Waals surface area contributed by atoms with Crippen LogP contribution in [-0.4, -0.2) is 22.6 Å². The largest absolute Gasteiger partial charge is 0.483 e. The van der Waals surface area contributed by atoms with Gasteiger partial charge in [-0.05, 0) is 30.3 Å². The van der Waals surface area contributed by atoms with Gasteiger partial charge in [0.2, 0.25) is 0 Å². The smallest absolute Gasteiger partial charge is 0.453 e. The molecule has 1 aromatic carbocycles. The topological polar surface area (TPSA) is 68.0 Å². The van der Waals surface area contributed by atoms with Gasteiger partial charge in [0.1, 0.15) is 17.9 Å². The van der Waals surface area contributed by atoms with Crippen molar-refractivity contribution in [2.24, 2.45) is 0 Å². The zero-order chi connectivity index (χ0) is 15.7. The van der Waals surface area contributed by atoms with Gasteiger partial charge in [-0.2, -0.15) is 13.2 Å². The summed E-state index contributed by atoms with van der Waals surface area (Å²) in [6.45, 7) is 0. The number of carbonyl (C=O) groups is 1. The first-order chi connectivity index (χ1) is 10.5. The molecule has 8 heteroatoms. The maximum atomic E-state index is 12.5. The van der Waals surface area contributed by atoms with Crippen LogP contribution in [0.15, 0.2) is 41.1 Å². The van der Waals surface area contributed by atoms with E-state index < -0.39 is 6.30 Å². The number of aromatic nitrogens is 2. The van der Waals surface area contributed by atoms with Gasteiger partial charge in [0.05, 0.1) is 5.52 Å². The molecule has 0 aliphatic carbocycles. The van der Waals surface area contributed by atoms with Crippen molar-refractivity contribution in [1.82, 2.24) is 9.97 Å². The number of benzene rings is 1. The van der Waals surface area contributed by atoms with Crippen LogP contribution in [0.25, 0.3) is 22.2 Å². The van der Waals surface area contributed by atoms with E-state index in [2.05, 4.69) is 9.97 Å². The Kier molecular flexibility index (Phi) is 3.28. The van der Waals surface area contributed by atoms with E-state index in [1.165, 1.54) is 17.4 Å².